The van der Waals surface area contributed by atoms with Crippen LogP contribution in [-0.2, 0) is 19.4 Å². The highest BCUT2D eigenvalue weighted by atomic mass is 32.2. The summed E-state index contributed by atoms with van der Waals surface area (Å²) >= 11 is 0. The topological polar surface area (TPSA) is 101 Å². The summed E-state index contributed by atoms with van der Waals surface area (Å²) in [5.41, 5.74) is 0.302. The molecule has 128 valence electrons. The number of carbonyl (C=O) groups excluding carboxylic acids is 1. The molecule has 0 heterocycles. The minimum atomic E-state index is -3.44. The van der Waals surface area contributed by atoms with E-state index in [4.69, 9.17) is 9.84 Å². The van der Waals surface area contributed by atoms with E-state index < -0.39 is 21.7 Å². The van der Waals surface area contributed by atoms with Gasteiger partial charge in [-0.25, -0.2) is 8.42 Å². The average molecular weight is 343 g/mol. The van der Waals surface area contributed by atoms with Gasteiger partial charge in [-0.1, -0.05) is 6.92 Å². The van der Waals surface area contributed by atoms with Crippen LogP contribution in [0.4, 0.5) is 0 Å². The third-order valence-electron chi connectivity index (χ3n) is 3.33. The van der Waals surface area contributed by atoms with Gasteiger partial charge in [0.05, 0.1) is 23.2 Å². The van der Waals surface area contributed by atoms with Crippen molar-refractivity contribution >= 4 is 21.7 Å². The number of aliphatic carboxylic acids is 1. The van der Waals surface area contributed by atoms with E-state index in [-0.39, 0.29) is 29.7 Å². The fourth-order valence-electron chi connectivity index (χ4n) is 1.91. The van der Waals surface area contributed by atoms with E-state index in [9.17, 15) is 18.0 Å². The van der Waals surface area contributed by atoms with Crippen LogP contribution in [0.2, 0.25) is 0 Å². The third-order valence-corrected chi connectivity index (χ3v) is 5.03. The molecule has 0 fully saturated rings. The smallest absolute Gasteiger partial charge is 0.308 e. The van der Waals surface area contributed by atoms with Gasteiger partial charge in [-0.15, -0.1) is 0 Å². The molecular weight excluding hydrogens is 322 g/mol. The molecule has 0 aliphatic carbocycles. The van der Waals surface area contributed by atoms with Crippen LogP contribution in [-0.4, -0.2) is 63.4 Å². The number of hydrogen-bond donors (Lipinski definition) is 1. The first-order valence-electron chi connectivity index (χ1n) is 6.99. The van der Waals surface area contributed by atoms with Crippen molar-refractivity contribution < 1.29 is 27.9 Å². The van der Waals surface area contributed by atoms with E-state index in [1.807, 2.05) is 0 Å². The van der Waals surface area contributed by atoms with E-state index in [0.29, 0.717) is 5.56 Å². The first-order valence-corrected chi connectivity index (χ1v) is 8.64. The number of carbonyl (C=O) groups is 2. The second-order valence-electron chi connectivity index (χ2n) is 5.26. The molecule has 1 aromatic rings. The Morgan fingerprint density at radius 1 is 1.26 bits per heavy atom. The van der Waals surface area contributed by atoms with Crippen LogP contribution in [0.25, 0.3) is 0 Å². The van der Waals surface area contributed by atoms with Crippen molar-refractivity contribution in [2.75, 3.05) is 33.1 Å². The molecule has 0 saturated carbocycles. The number of methoxy groups -OCH3 is 1. The monoisotopic (exact) mass is 343 g/mol. The minimum Gasteiger partial charge on any atom is -0.481 e. The lowest BCUT2D eigenvalue weighted by Crippen LogP contribution is -2.33. The predicted molar refractivity (Wildman–Crippen MR) is 84.1 cm³/mol. The van der Waals surface area contributed by atoms with Crippen molar-refractivity contribution in [1.29, 1.82) is 0 Å². The number of carboxylic acid groups (broad SMARTS) is 1. The summed E-state index contributed by atoms with van der Waals surface area (Å²) in [7, 11) is -0.516. The zero-order valence-electron chi connectivity index (χ0n) is 13.4. The third kappa shape index (κ3) is 5.33. The fourth-order valence-corrected chi connectivity index (χ4v) is 3.08. The Kier molecular flexibility index (Phi) is 6.71. The van der Waals surface area contributed by atoms with Gasteiger partial charge in [-0.2, -0.15) is 0 Å². The summed E-state index contributed by atoms with van der Waals surface area (Å²) in [6.45, 7) is 1.68. The van der Waals surface area contributed by atoms with Crippen molar-refractivity contribution in [2.24, 2.45) is 5.92 Å². The summed E-state index contributed by atoms with van der Waals surface area (Å²) in [6, 6.07) is 5.58. The summed E-state index contributed by atoms with van der Waals surface area (Å²) in [5, 5.41) is 8.87. The van der Waals surface area contributed by atoms with Crippen LogP contribution < -0.4 is 0 Å². The maximum absolute atomic E-state index is 12.2. The van der Waals surface area contributed by atoms with E-state index >= 15 is 0 Å². The zero-order valence-corrected chi connectivity index (χ0v) is 14.2. The molecule has 1 N–H and O–H groups in total. The van der Waals surface area contributed by atoms with Gasteiger partial charge in [0, 0.05) is 26.3 Å². The van der Waals surface area contributed by atoms with Crippen molar-refractivity contribution in [3.63, 3.8) is 0 Å². The molecule has 23 heavy (non-hydrogen) atoms. The molecule has 0 aliphatic rings. The largest absolute Gasteiger partial charge is 0.481 e. The van der Waals surface area contributed by atoms with Crippen LogP contribution in [0.5, 0.6) is 0 Å². The Bertz CT molecular complexity index is 653. The molecule has 1 rings (SSSR count). The van der Waals surface area contributed by atoms with Gasteiger partial charge in [0.1, 0.15) is 0 Å². The van der Waals surface area contributed by atoms with Gasteiger partial charge in [-0.3, -0.25) is 9.59 Å². The van der Waals surface area contributed by atoms with E-state index in [1.165, 1.54) is 50.2 Å². The van der Waals surface area contributed by atoms with Crippen molar-refractivity contribution in [1.82, 2.24) is 4.90 Å². The molecule has 7 nitrogen and oxygen atoms in total. The summed E-state index contributed by atoms with van der Waals surface area (Å²) in [4.78, 5) is 24.4. The van der Waals surface area contributed by atoms with Gasteiger partial charge >= 0.3 is 5.97 Å². The number of ether oxygens (including phenoxy) is 1. The minimum absolute atomic E-state index is 0.0715. The second kappa shape index (κ2) is 8.07. The molecule has 0 aromatic heterocycles. The van der Waals surface area contributed by atoms with E-state index in [1.54, 1.807) is 0 Å². The summed E-state index contributed by atoms with van der Waals surface area (Å²) < 4.78 is 28.7. The molecule has 0 saturated heterocycles. The molecule has 0 radical (unpaired) electrons. The molecule has 0 aliphatic heterocycles. The van der Waals surface area contributed by atoms with Crippen molar-refractivity contribution in [3.8, 4) is 0 Å². The van der Waals surface area contributed by atoms with Crippen molar-refractivity contribution in [2.45, 2.75) is 11.8 Å². The number of hydrogen-bond acceptors (Lipinski definition) is 5. The summed E-state index contributed by atoms with van der Waals surface area (Å²) in [5.74, 6) is -2.16. The highest BCUT2D eigenvalue weighted by molar-refractivity contribution is 7.91. The molecule has 0 spiro atoms. The Morgan fingerprint density at radius 3 is 2.30 bits per heavy atom. The van der Waals surface area contributed by atoms with Crippen LogP contribution in [0, 0.1) is 5.92 Å². The van der Waals surface area contributed by atoms with Gasteiger partial charge in [-0.05, 0) is 24.3 Å². The first kappa shape index (κ1) is 19.1. The number of carboxylic acids is 1. The predicted octanol–water partition coefficient (Wildman–Crippen LogP) is 0.899. The standard InChI is InChI=1S/C15H21NO6S/c1-11(15(18)19)10-16(2)14(17)12-4-6-13(7-5-12)23(20,21)9-8-22-3/h4-7,11H,8-10H2,1-3H3,(H,18,19). The van der Waals surface area contributed by atoms with Crippen LogP contribution in [0.1, 0.15) is 17.3 Å². The Morgan fingerprint density at radius 2 is 1.83 bits per heavy atom. The van der Waals surface area contributed by atoms with Crippen molar-refractivity contribution in [3.05, 3.63) is 29.8 Å². The molecular formula is C15H21NO6S. The quantitative estimate of drug-likeness (QED) is 0.752. The first-order chi connectivity index (χ1) is 10.7. The molecule has 0 bridgehead atoms. The number of benzene rings is 1. The Labute approximate surface area is 135 Å². The summed E-state index contributed by atoms with van der Waals surface area (Å²) in [6.07, 6.45) is 0. The molecule has 1 amide bonds. The average Bonchev–Trinajstić information content (AvgIpc) is 2.52. The van der Waals surface area contributed by atoms with E-state index in [0.717, 1.165) is 0 Å². The fraction of sp³-hybridized carbons (Fsp3) is 0.467. The molecule has 1 atom stereocenters. The SMILES string of the molecule is COCCS(=O)(=O)c1ccc(C(=O)N(C)CC(C)C(=O)O)cc1. The molecule has 1 aromatic carbocycles. The van der Waals surface area contributed by atoms with Gasteiger partial charge < -0.3 is 14.7 Å². The van der Waals surface area contributed by atoms with Crippen LogP contribution >= 0.6 is 0 Å². The Balaban J connectivity index is 2.83. The Hall–Kier alpha value is -1.93. The zero-order chi connectivity index (χ0) is 17.6. The second-order valence-corrected chi connectivity index (χ2v) is 7.37. The number of rotatable bonds is 8. The highest BCUT2D eigenvalue weighted by Gasteiger charge is 2.19. The van der Waals surface area contributed by atoms with Gasteiger partial charge in [0.15, 0.2) is 9.84 Å². The van der Waals surface area contributed by atoms with Crippen LogP contribution in [0.15, 0.2) is 29.2 Å². The maximum atomic E-state index is 12.2. The highest BCUT2D eigenvalue weighted by Crippen LogP contribution is 2.14. The molecule has 8 heteroatoms. The number of amides is 1. The van der Waals surface area contributed by atoms with Gasteiger partial charge in [0.2, 0.25) is 0 Å². The number of nitrogens with zero attached hydrogens (tertiary/aromatic N) is 1. The lowest BCUT2D eigenvalue weighted by Gasteiger charge is -2.19. The maximum Gasteiger partial charge on any atom is 0.308 e. The van der Waals surface area contributed by atoms with Crippen LogP contribution in [0.3, 0.4) is 0 Å². The lowest BCUT2D eigenvalue weighted by atomic mass is 10.1. The number of sulfone groups is 1. The van der Waals surface area contributed by atoms with E-state index in [2.05, 4.69) is 0 Å². The molecule has 1 unspecified atom stereocenters. The van der Waals surface area contributed by atoms with Gasteiger partial charge in [0.25, 0.3) is 5.91 Å². The lowest BCUT2D eigenvalue weighted by molar-refractivity contribution is -0.141. The normalized spacial score (nSPS) is 12.7.